The molecule has 6 heteroatoms. The lowest BCUT2D eigenvalue weighted by atomic mass is 10.1. The lowest BCUT2D eigenvalue weighted by Crippen LogP contribution is -2.36. The number of alkyl carbamates (subject to hydrolysis) is 1. The summed E-state index contributed by atoms with van der Waals surface area (Å²) in [6.45, 7) is 7.48. The Balaban J connectivity index is 1.76. The first-order valence-electron chi connectivity index (χ1n) is 7.13. The summed E-state index contributed by atoms with van der Waals surface area (Å²) in [6.07, 6.45) is 0.510. The van der Waals surface area contributed by atoms with Crippen LogP contribution in [0.15, 0.2) is 16.8 Å². The zero-order chi connectivity index (χ0) is 15.5. The van der Waals surface area contributed by atoms with Gasteiger partial charge in [-0.05, 0) is 44.6 Å². The van der Waals surface area contributed by atoms with Gasteiger partial charge in [0.1, 0.15) is 5.60 Å². The second kappa shape index (κ2) is 6.47. The Morgan fingerprint density at radius 1 is 1.48 bits per heavy atom. The van der Waals surface area contributed by atoms with Crippen molar-refractivity contribution < 1.29 is 14.3 Å². The molecule has 1 aliphatic rings. The molecule has 1 aromatic rings. The third-order valence-electron chi connectivity index (χ3n) is 3.28. The summed E-state index contributed by atoms with van der Waals surface area (Å²) < 4.78 is 5.20. The van der Waals surface area contributed by atoms with E-state index in [9.17, 15) is 9.59 Å². The number of amides is 2. The number of carbonyl (C=O) groups excluding carboxylic acids is 2. The summed E-state index contributed by atoms with van der Waals surface area (Å²) in [6, 6.07) is 1.85. The van der Waals surface area contributed by atoms with Crippen LogP contribution >= 0.6 is 11.3 Å². The van der Waals surface area contributed by atoms with Crippen molar-refractivity contribution in [3.63, 3.8) is 0 Å². The molecular weight excluding hydrogens is 288 g/mol. The SMILES string of the molecule is CC(C)(C)OC(=O)NC[C@H]1CCN(C(=O)c2ccsc2)C1. The molecule has 0 bridgehead atoms. The number of nitrogens with one attached hydrogen (secondary N) is 1. The highest BCUT2D eigenvalue weighted by molar-refractivity contribution is 7.08. The molecule has 21 heavy (non-hydrogen) atoms. The van der Waals surface area contributed by atoms with Gasteiger partial charge in [0.25, 0.3) is 5.91 Å². The number of carbonyl (C=O) groups is 2. The zero-order valence-corrected chi connectivity index (χ0v) is 13.5. The van der Waals surface area contributed by atoms with Crippen LogP contribution in [0.3, 0.4) is 0 Å². The van der Waals surface area contributed by atoms with Crippen molar-refractivity contribution >= 4 is 23.3 Å². The molecule has 1 N–H and O–H groups in total. The van der Waals surface area contributed by atoms with Crippen molar-refractivity contribution in [3.8, 4) is 0 Å². The molecule has 0 radical (unpaired) electrons. The second-order valence-corrected chi connectivity index (χ2v) is 7.08. The maximum absolute atomic E-state index is 12.2. The standard InChI is InChI=1S/C15H22N2O3S/c1-15(2,3)20-14(19)16-8-11-4-6-17(9-11)13(18)12-5-7-21-10-12/h5,7,10-11H,4,6,8-9H2,1-3H3,(H,16,19)/t11-/m1/s1. The average molecular weight is 310 g/mol. The smallest absolute Gasteiger partial charge is 0.407 e. The Kier molecular flexibility index (Phi) is 4.88. The minimum absolute atomic E-state index is 0.0796. The number of thiophene rings is 1. The number of ether oxygens (including phenoxy) is 1. The Labute approximate surface area is 129 Å². The minimum Gasteiger partial charge on any atom is -0.444 e. The molecule has 5 nitrogen and oxygen atoms in total. The van der Waals surface area contributed by atoms with Crippen LogP contribution in [0.5, 0.6) is 0 Å². The molecule has 0 saturated carbocycles. The maximum Gasteiger partial charge on any atom is 0.407 e. The van der Waals surface area contributed by atoms with Crippen LogP contribution in [0.25, 0.3) is 0 Å². The number of hydrogen-bond acceptors (Lipinski definition) is 4. The number of rotatable bonds is 3. The van der Waals surface area contributed by atoms with Gasteiger partial charge in [-0.3, -0.25) is 4.79 Å². The van der Waals surface area contributed by atoms with E-state index in [1.165, 1.54) is 11.3 Å². The first-order valence-corrected chi connectivity index (χ1v) is 8.08. The van der Waals surface area contributed by atoms with Gasteiger partial charge >= 0.3 is 6.09 Å². The summed E-state index contributed by atoms with van der Waals surface area (Å²) >= 11 is 1.53. The van der Waals surface area contributed by atoms with E-state index in [4.69, 9.17) is 4.74 Å². The fraction of sp³-hybridized carbons (Fsp3) is 0.600. The van der Waals surface area contributed by atoms with Crippen molar-refractivity contribution in [1.82, 2.24) is 10.2 Å². The van der Waals surface area contributed by atoms with E-state index in [0.29, 0.717) is 19.0 Å². The lowest BCUT2D eigenvalue weighted by molar-refractivity contribution is 0.0520. The average Bonchev–Trinajstić information content (AvgIpc) is 3.05. The molecular formula is C15H22N2O3S. The Morgan fingerprint density at radius 3 is 2.86 bits per heavy atom. The monoisotopic (exact) mass is 310 g/mol. The maximum atomic E-state index is 12.2. The van der Waals surface area contributed by atoms with E-state index in [-0.39, 0.29) is 5.91 Å². The van der Waals surface area contributed by atoms with Gasteiger partial charge < -0.3 is 15.0 Å². The Hall–Kier alpha value is -1.56. The molecule has 0 spiro atoms. The molecule has 0 aromatic carbocycles. The van der Waals surface area contributed by atoms with Crippen LogP contribution in [0.1, 0.15) is 37.6 Å². The van der Waals surface area contributed by atoms with E-state index >= 15 is 0 Å². The van der Waals surface area contributed by atoms with Gasteiger partial charge in [0.2, 0.25) is 0 Å². The van der Waals surface area contributed by atoms with Crippen molar-refractivity contribution in [1.29, 1.82) is 0 Å². The summed E-state index contributed by atoms with van der Waals surface area (Å²) in [5.41, 5.74) is 0.265. The number of hydrogen-bond donors (Lipinski definition) is 1. The van der Waals surface area contributed by atoms with Crippen molar-refractivity contribution in [2.24, 2.45) is 5.92 Å². The molecule has 2 heterocycles. The molecule has 116 valence electrons. The Bertz CT molecular complexity index is 494. The highest BCUT2D eigenvalue weighted by atomic mass is 32.1. The van der Waals surface area contributed by atoms with Gasteiger partial charge in [-0.2, -0.15) is 11.3 Å². The normalized spacial score (nSPS) is 18.6. The van der Waals surface area contributed by atoms with Gasteiger partial charge in [0.05, 0.1) is 5.56 Å². The van der Waals surface area contributed by atoms with Gasteiger partial charge in [-0.25, -0.2) is 4.79 Å². The fourth-order valence-corrected chi connectivity index (χ4v) is 2.92. The van der Waals surface area contributed by atoms with Crippen LogP contribution in [-0.2, 0) is 4.74 Å². The third kappa shape index (κ3) is 4.74. The highest BCUT2D eigenvalue weighted by Gasteiger charge is 2.27. The highest BCUT2D eigenvalue weighted by Crippen LogP contribution is 2.19. The van der Waals surface area contributed by atoms with Crippen LogP contribution in [0.2, 0.25) is 0 Å². The topological polar surface area (TPSA) is 58.6 Å². The Morgan fingerprint density at radius 2 is 2.24 bits per heavy atom. The largest absolute Gasteiger partial charge is 0.444 e. The van der Waals surface area contributed by atoms with E-state index in [0.717, 1.165) is 18.5 Å². The van der Waals surface area contributed by atoms with Crippen molar-refractivity contribution in [3.05, 3.63) is 22.4 Å². The van der Waals surface area contributed by atoms with E-state index in [2.05, 4.69) is 5.32 Å². The predicted molar refractivity (Wildman–Crippen MR) is 82.6 cm³/mol. The van der Waals surface area contributed by atoms with E-state index < -0.39 is 11.7 Å². The first-order chi connectivity index (χ1) is 9.85. The molecule has 1 atom stereocenters. The molecule has 0 aliphatic carbocycles. The molecule has 1 saturated heterocycles. The summed E-state index contributed by atoms with van der Waals surface area (Å²) in [4.78, 5) is 25.7. The van der Waals surface area contributed by atoms with Crippen LogP contribution < -0.4 is 5.32 Å². The predicted octanol–water partition coefficient (Wildman–Crippen LogP) is 2.73. The number of nitrogens with zero attached hydrogens (tertiary/aromatic N) is 1. The molecule has 1 fully saturated rings. The third-order valence-corrected chi connectivity index (χ3v) is 3.96. The molecule has 1 aliphatic heterocycles. The van der Waals surface area contributed by atoms with Gasteiger partial charge in [-0.15, -0.1) is 0 Å². The number of likely N-dealkylation sites (tertiary alicyclic amines) is 1. The van der Waals surface area contributed by atoms with Crippen molar-refractivity contribution in [2.75, 3.05) is 19.6 Å². The van der Waals surface area contributed by atoms with E-state index in [1.807, 2.05) is 42.5 Å². The molecule has 2 amide bonds. The fourth-order valence-electron chi connectivity index (χ4n) is 2.29. The summed E-state index contributed by atoms with van der Waals surface area (Å²) in [5.74, 6) is 0.371. The van der Waals surface area contributed by atoms with Gasteiger partial charge in [-0.1, -0.05) is 0 Å². The van der Waals surface area contributed by atoms with Crippen LogP contribution in [0.4, 0.5) is 4.79 Å². The van der Waals surface area contributed by atoms with E-state index in [1.54, 1.807) is 0 Å². The van der Waals surface area contributed by atoms with Crippen molar-refractivity contribution in [2.45, 2.75) is 32.8 Å². The quantitative estimate of drug-likeness (QED) is 0.934. The minimum atomic E-state index is -0.485. The summed E-state index contributed by atoms with van der Waals surface area (Å²) in [7, 11) is 0. The summed E-state index contributed by atoms with van der Waals surface area (Å²) in [5, 5.41) is 6.56. The van der Waals surface area contributed by atoms with Crippen LogP contribution in [0, 0.1) is 5.92 Å². The molecule has 0 unspecified atom stereocenters. The zero-order valence-electron chi connectivity index (χ0n) is 12.7. The van der Waals surface area contributed by atoms with Gasteiger partial charge in [0.15, 0.2) is 0 Å². The van der Waals surface area contributed by atoms with Gasteiger partial charge in [0, 0.05) is 25.0 Å². The lowest BCUT2D eigenvalue weighted by Gasteiger charge is -2.21. The second-order valence-electron chi connectivity index (χ2n) is 6.30. The van der Waals surface area contributed by atoms with Crippen LogP contribution in [-0.4, -0.2) is 42.1 Å². The molecule has 2 rings (SSSR count). The first kappa shape index (κ1) is 15.8. The molecule has 1 aromatic heterocycles.